The van der Waals surface area contributed by atoms with Gasteiger partial charge in [0.25, 0.3) is 5.91 Å². The lowest BCUT2D eigenvalue weighted by Crippen LogP contribution is -2.49. The highest BCUT2D eigenvalue weighted by atomic mass is 35.6. The Labute approximate surface area is 154 Å². The van der Waals surface area contributed by atoms with Gasteiger partial charge in [-0.2, -0.15) is 0 Å². The van der Waals surface area contributed by atoms with Crippen LogP contribution in [0.5, 0.6) is 0 Å². The van der Waals surface area contributed by atoms with Crippen LogP contribution in [0.3, 0.4) is 0 Å². The molecule has 0 aliphatic carbocycles. The highest BCUT2D eigenvalue weighted by Gasteiger charge is 2.34. The molecule has 0 radical (unpaired) electrons. The molecule has 2 N–H and O–H groups in total. The summed E-state index contributed by atoms with van der Waals surface area (Å²) in [5, 5.41) is 6.13. The molecule has 1 amide bonds. The number of carbonyl (C=O) groups is 1. The zero-order chi connectivity index (χ0) is 17.0. The summed E-state index contributed by atoms with van der Waals surface area (Å²) >= 11 is 23.8. The van der Waals surface area contributed by atoms with E-state index in [1.54, 1.807) is 24.3 Å². The highest BCUT2D eigenvalue weighted by molar-refractivity contribution is 6.68. The van der Waals surface area contributed by atoms with Crippen molar-refractivity contribution in [2.75, 3.05) is 5.32 Å². The van der Waals surface area contributed by atoms with E-state index in [9.17, 15) is 4.79 Å². The van der Waals surface area contributed by atoms with Crippen molar-refractivity contribution in [2.45, 2.75) is 16.9 Å². The van der Waals surface area contributed by atoms with E-state index >= 15 is 0 Å². The van der Waals surface area contributed by atoms with Gasteiger partial charge in [-0.25, -0.2) is 0 Å². The van der Waals surface area contributed by atoms with Crippen LogP contribution in [0, 0.1) is 6.92 Å². The summed E-state index contributed by atoms with van der Waals surface area (Å²) in [4.78, 5) is 12.3. The molecule has 122 valence electrons. The summed E-state index contributed by atoms with van der Waals surface area (Å²) in [5.41, 5.74) is 2.15. The number of rotatable bonds is 4. The second-order valence-electron chi connectivity index (χ2n) is 4.97. The Balaban J connectivity index is 2.18. The van der Waals surface area contributed by atoms with Crippen molar-refractivity contribution >= 4 is 58.0 Å². The number of halogens is 4. The Morgan fingerprint density at radius 3 is 2.39 bits per heavy atom. The van der Waals surface area contributed by atoms with Gasteiger partial charge in [-0.15, -0.1) is 0 Å². The molecule has 0 aromatic heterocycles. The molecule has 2 aromatic rings. The Morgan fingerprint density at radius 2 is 1.78 bits per heavy atom. The Hall–Kier alpha value is -1.13. The fourth-order valence-corrected chi connectivity index (χ4v) is 2.46. The minimum atomic E-state index is -1.74. The first-order valence-electron chi connectivity index (χ1n) is 6.72. The highest BCUT2D eigenvalue weighted by Crippen LogP contribution is 2.31. The van der Waals surface area contributed by atoms with Gasteiger partial charge in [-0.1, -0.05) is 64.6 Å². The molecule has 0 fully saturated rings. The maximum Gasteiger partial charge on any atom is 0.253 e. The number of carbonyl (C=O) groups excluding carboxylic acids is 1. The van der Waals surface area contributed by atoms with Crippen LogP contribution >= 0.6 is 46.4 Å². The number of hydrogen-bond acceptors (Lipinski definition) is 2. The first-order chi connectivity index (χ1) is 10.8. The predicted molar refractivity (Wildman–Crippen MR) is 97.8 cm³/mol. The van der Waals surface area contributed by atoms with E-state index in [0.29, 0.717) is 10.6 Å². The summed E-state index contributed by atoms with van der Waals surface area (Å²) in [6, 6.07) is 14.0. The summed E-state index contributed by atoms with van der Waals surface area (Å²) < 4.78 is -1.74. The second-order valence-corrected chi connectivity index (χ2v) is 7.78. The molecule has 0 aliphatic heterocycles. The van der Waals surface area contributed by atoms with Gasteiger partial charge in [0, 0.05) is 16.3 Å². The van der Waals surface area contributed by atoms with Crippen LogP contribution in [-0.2, 0) is 0 Å². The lowest BCUT2D eigenvalue weighted by atomic mass is 10.2. The van der Waals surface area contributed by atoms with Gasteiger partial charge in [-0.3, -0.25) is 4.79 Å². The molecule has 3 nitrogen and oxygen atoms in total. The SMILES string of the molecule is Cc1cccc(N[C@@H](NC(=O)c2cccc(Cl)c2)C(Cl)(Cl)Cl)c1. The van der Waals surface area contributed by atoms with Gasteiger partial charge in [0.15, 0.2) is 0 Å². The van der Waals surface area contributed by atoms with Crippen LogP contribution in [0.4, 0.5) is 5.69 Å². The molecule has 0 spiro atoms. The van der Waals surface area contributed by atoms with Crippen LogP contribution in [0.15, 0.2) is 48.5 Å². The quantitative estimate of drug-likeness (QED) is 0.556. The van der Waals surface area contributed by atoms with Gasteiger partial charge in [0.2, 0.25) is 3.79 Å². The van der Waals surface area contributed by atoms with Gasteiger partial charge < -0.3 is 10.6 Å². The van der Waals surface area contributed by atoms with Crippen LogP contribution in [0.2, 0.25) is 5.02 Å². The lowest BCUT2D eigenvalue weighted by molar-refractivity contribution is 0.0942. The van der Waals surface area contributed by atoms with Gasteiger partial charge in [0.1, 0.15) is 6.17 Å². The number of alkyl halides is 3. The fourth-order valence-electron chi connectivity index (χ4n) is 1.95. The van der Waals surface area contributed by atoms with Crippen molar-refractivity contribution in [3.8, 4) is 0 Å². The number of anilines is 1. The molecule has 2 rings (SSSR count). The molecule has 2 aromatic carbocycles. The number of aryl methyl sites for hydroxylation is 1. The van der Waals surface area contributed by atoms with E-state index < -0.39 is 15.9 Å². The van der Waals surface area contributed by atoms with Crippen molar-refractivity contribution in [1.82, 2.24) is 5.32 Å². The molecule has 1 atom stereocenters. The molecular weight excluding hydrogens is 378 g/mol. The van der Waals surface area contributed by atoms with Crippen LogP contribution < -0.4 is 10.6 Å². The molecule has 7 heteroatoms. The Kier molecular flexibility index (Phi) is 6.04. The average molecular weight is 392 g/mol. The van der Waals surface area contributed by atoms with Gasteiger partial charge >= 0.3 is 0 Å². The second kappa shape index (κ2) is 7.63. The monoisotopic (exact) mass is 390 g/mol. The average Bonchev–Trinajstić information content (AvgIpc) is 2.45. The van der Waals surface area contributed by atoms with Crippen LogP contribution in [0.25, 0.3) is 0 Å². The minimum absolute atomic E-state index is 0.378. The molecule has 0 aliphatic rings. The van der Waals surface area contributed by atoms with E-state index in [2.05, 4.69) is 10.6 Å². The zero-order valence-electron chi connectivity index (χ0n) is 12.1. The van der Waals surface area contributed by atoms with Crippen molar-refractivity contribution in [3.05, 3.63) is 64.7 Å². The van der Waals surface area contributed by atoms with Crippen molar-refractivity contribution in [1.29, 1.82) is 0 Å². The lowest BCUT2D eigenvalue weighted by Gasteiger charge is -2.27. The third kappa shape index (κ3) is 5.47. The van der Waals surface area contributed by atoms with Gasteiger partial charge in [-0.05, 0) is 42.8 Å². The number of benzene rings is 2. The third-order valence-corrected chi connectivity index (χ3v) is 3.91. The third-order valence-electron chi connectivity index (χ3n) is 3.02. The van der Waals surface area contributed by atoms with Crippen LogP contribution in [0.1, 0.15) is 15.9 Å². The van der Waals surface area contributed by atoms with Crippen molar-refractivity contribution in [2.24, 2.45) is 0 Å². The molecule has 0 saturated heterocycles. The van der Waals surface area contributed by atoms with E-state index in [0.717, 1.165) is 11.3 Å². The van der Waals surface area contributed by atoms with Crippen molar-refractivity contribution in [3.63, 3.8) is 0 Å². The first kappa shape index (κ1) is 18.2. The first-order valence-corrected chi connectivity index (χ1v) is 8.23. The molecule has 0 heterocycles. The Bertz CT molecular complexity index is 700. The maximum absolute atomic E-state index is 12.3. The smallest absolute Gasteiger partial charge is 0.253 e. The van der Waals surface area contributed by atoms with Crippen LogP contribution in [-0.4, -0.2) is 15.9 Å². The number of nitrogens with one attached hydrogen (secondary N) is 2. The zero-order valence-corrected chi connectivity index (χ0v) is 15.1. The van der Waals surface area contributed by atoms with E-state index in [-0.39, 0.29) is 0 Å². The standard InChI is InChI=1S/C16H14Cl4N2O/c1-10-4-2-7-13(8-10)21-15(16(18,19)20)22-14(23)11-5-3-6-12(17)9-11/h2-9,15,21H,1H3,(H,22,23)/t15-/m0/s1. The fraction of sp³-hybridized carbons (Fsp3) is 0.188. The molecule has 0 saturated carbocycles. The van der Waals surface area contributed by atoms with Crippen molar-refractivity contribution < 1.29 is 4.79 Å². The number of amides is 1. The molecule has 0 unspecified atom stereocenters. The van der Waals surface area contributed by atoms with Gasteiger partial charge in [0.05, 0.1) is 0 Å². The van der Waals surface area contributed by atoms with E-state index in [4.69, 9.17) is 46.4 Å². The molecule has 23 heavy (non-hydrogen) atoms. The number of hydrogen-bond donors (Lipinski definition) is 2. The summed E-state index contributed by atoms with van der Waals surface area (Å²) in [6.45, 7) is 1.94. The van der Waals surface area contributed by atoms with E-state index in [1.165, 1.54) is 0 Å². The summed E-state index contributed by atoms with van der Waals surface area (Å²) in [6.07, 6.45) is -0.916. The summed E-state index contributed by atoms with van der Waals surface area (Å²) in [7, 11) is 0. The topological polar surface area (TPSA) is 41.1 Å². The largest absolute Gasteiger partial charge is 0.362 e. The summed E-state index contributed by atoms with van der Waals surface area (Å²) in [5.74, 6) is -0.399. The predicted octanol–water partition coefficient (Wildman–Crippen LogP) is 5.19. The van der Waals surface area contributed by atoms with E-state index in [1.807, 2.05) is 31.2 Å². The maximum atomic E-state index is 12.3. The minimum Gasteiger partial charge on any atom is -0.362 e. The normalized spacial score (nSPS) is 12.6. The molecular formula is C16H14Cl4N2O. The molecule has 0 bridgehead atoms. The Morgan fingerprint density at radius 1 is 1.09 bits per heavy atom.